The van der Waals surface area contributed by atoms with Crippen LogP contribution in [0.3, 0.4) is 0 Å². The summed E-state index contributed by atoms with van der Waals surface area (Å²) in [6, 6.07) is 8.08. The maximum absolute atomic E-state index is 5.28. The molecule has 15 heavy (non-hydrogen) atoms. The van der Waals surface area contributed by atoms with Gasteiger partial charge in [-0.25, -0.2) is 0 Å². The van der Waals surface area contributed by atoms with Crippen molar-refractivity contribution >= 4 is 27.9 Å². The molecule has 1 aliphatic heterocycles. The number of hydrazone groups is 1. The first-order chi connectivity index (χ1) is 7.40. The normalized spacial score (nSPS) is 14.6. The first-order valence-corrected chi connectivity index (χ1v) is 6.55. The van der Waals surface area contributed by atoms with E-state index < -0.39 is 0 Å². The second-order valence-corrected chi connectivity index (χ2v) is 5.11. The van der Waals surface area contributed by atoms with Gasteiger partial charge in [-0.05, 0) is 6.07 Å². The van der Waals surface area contributed by atoms with Crippen molar-refractivity contribution in [2.45, 2.75) is 5.75 Å². The van der Waals surface area contributed by atoms with Gasteiger partial charge in [-0.3, -0.25) is 5.43 Å². The molecule has 0 unspecified atom stereocenters. The van der Waals surface area contributed by atoms with Crippen LogP contribution in [-0.2, 0) is 5.75 Å². The molecule has 1 aliphatic rings. The quantitative estimate of drug-likeness (QED) is 0.880. The van der Waals surface area contributed by atoms with Gasteiger partial charge in [0.1, 0.15) is 5.75 Å². The number of thioether (sulfide) groups is 2. The minimum absolute atomic E-state index is 0.883. The lowest BCUT2D eigenvalue weighted by Crippen LogP contribution is -1.93. The number of nitrogens with one attached hydrogen (secondary N) is 1. The average Bonchev–Trinajstić information content (AvgIpc) is 2.79. The van der Waals surface area contributed by atoms with E-state index in [1.165, 1.54) is 5.56 Å². The largest absolute Gasteiger partial charge is 0.496 e. The Morgan fingerprint density at radius 3 is 3.13 bits per heavy atom. The number of hydrogen-bond donors (Lipinski definition) is 1. The molecular formula is C10H12N2OS2. The standard InChI is InChI=1S/C10H12N2OS2/c1-13-9-5-3-2-4-8(9)6-14-10-12-11-7-15-10/h2-5,11H,6-7H2,1H3. The Hall–Kier alpha value is -0.810. The predicted molar refractivity (Wildman–Crippen MR) is 67.3 cm³/mol. The Balaban J connectivity index is 1.97. The van der Waals surface area contributed by atoms with Gasteiger partial charge in [0, 0.05) is 11.3 Å². The number of ether oxygens (including phenoxy) is 1. The highest BCUT2D eigenvalue weighted by Gasteiger charge is 2.09. The molecule has 0 amide bonds. The van der Waals surface area contributed by atoms with E-state index in [0.29, 0.717) is 0 Å². The second-order valence-electron chi connectivity index (χ2n) is 2.93. The molecule has 0 fully saturated rings. The van der Waals surface area contributed by atoms with Crippen molar-refractivity contribution in [1.29, 1.82) is 0 Å². The van der Waals surface area contributed by atoms with Crippen LogP contribution >= 0.6 is 23.5 Å². The molecule has 2 rings (SSSR count). The third kappa shape index (κ3) is 2.82. The Kier molecular flexibility index (Phi) is 3.80. The molecule has 80 valence electrons. The van der Waals surface area contributed by atoms with Crippen molar-refractivity contribution < 1.29 is 4.74 Å². The minimum Gasteiger partial charge on any atom is -0.496 e. The summed E-state index contributed by atoms with van der Waals surface area (Å²) in [6.07, 6.45) is 0. The Bertz CT molecular complexity index is 368. The van der Waals surface area contributed by atoms with Crippen LogP contribution in [0.2, 0.25) is 0 Å². The molecule has 0 bridgehead atoms. The van der Waals surface area contributed by atoms with E-state index in [-0.39, 0.29) is 0 Å². The summed E-state index contributed by atoms with van der Waals surface area (Å²) in [5.74, 6) is 2.73. The van der Waals surface area contributed by atoms with Gasteiger partial charge in [0.15, 0.2) is 4.38 Å². The highest BCUT2D eigenvalue weighted by Crippen LogP contribution is 2.27. The second kappa shape index (κ2) is 5.32. The van der Waals surface area contributed by atoms with Crippen LogP contribution in [0.1, 0.15) is 5.56 Å². The van der Waals surface area contributed by atoms with Crippen molar-refractivity contribution in [3.05, 3.63) is 29.8 Å². The van der Waals surface area contributed by atoms with Crippen molar-refractivity contribution in [2.75, 3.05) is 13.0 Å². The van der Waals surface area contributed by atoms with E-state index in [0.717, 1.165) is 21.8 Å². The average molecular weight is 240 g/mol. The zero-order valence-electron chi connectivity index (χ0n) is 8.40. The fourth-order valence-corrected chi connectivity index (χ4v) is 2.97. The Morgan fingerprint density at radius 2 is 2.40 bits per heavy atom. The number of hydrogen-bond acceptors (Lipinski definition) is 5. The highest BCUT2D eigenvalue weighted by atomic mass is 32.2. The SMILES string of the molecule is COc1ccccc1CSC1=NNCS1. The smallest absolute Gasteiger partial charge is 0.152 e. The molecule has 1 heterocycles. The van der Waals surface area contributed by atoms with Crippen molar-refractivity contribution in [3.8, 4) is 5.75 Å². The molecule has 0 atom stereocenters. The van der Waals surface area contributed by atoms with Crippen LogP contribution < -0.4 is 10.2 Å². The first-order valence-electron chi connectivity index (χ1n) is 4.58. The zero-order valence-corrected chi connectivity index (χ0v) is 10.0. The molecule has 1 N–H and O–H groups in total. The van der Waals surface area contributed by atoms with Crippen LogP contribution in [0, 0.1) is 0 Å². The number of rotatable bonds is 3. The maximum Gasteiger partial charge on any atom is 0.152 e. The summed E-state index contributed by atoms with van der Waals surface area (Å²) in [4.78, 5) is 0. The monoisotopic (exact) mass is 240 g/mol. The van der Waals surface area contributed by atoms with Gasteiger partial charge < -0.3 is 4.74 Å². The van der Waals surface area contributed by atoms with Crippen molar-refractivity contribution in [1.82, 2.24) is 5.43 Å². The van der Waals surface area contributed by atoms with E-state index in [1.54, 1.807) is 30.6 Å². The summed E-state index contributed by atoms with van der Waals surface area (Å²) in [5.41, 5.74) is 4.14. The first kappa shape index (κ1) is 10.7. The van der Waals surface area contributed by atoms with Crippen molar-refractivity contribution in [2.24, 2.45) is 5.10 Å². The lowest BCUT2D eigenvalue weighted by molar-refractivity contribution is 0.411. The Morgan fingerprint density at radius 1 is 1.53 bits per heavy atom. The van der Waals surface area contributed by atoms with Crippen LogP contribution in [0.25, 0.3) is 0 Å². The summed E-state index contributed by atoms with van der Waals surface area (Å²) in [7, 11) is 1.70. The molecule has 0 saturated carbocycles. The van der Waals surface area contributed by atoms with E-state index in [1.807, 2.05) is 18.2 Å². The van der Waals surface area contributed by atoms with E-state index in [4.69, 9.17) is 4.74 Å². The molecule has 1 aromatic rings. The number of benzene rings is 1. The molecule has 0 spiro atoms. The molecule has 0 saturated heterocycles. The predicted octanol–water partition coefficient (Wildman–Crippen LogP) is 2.49. The van der Waals surface area contributed by atoms with Crippen LogP contribution in [-0.4, -0.2) is 17.4 Å². The summed E-state index contributed by atoms with van der Waals surface area (Å²) in [6.45, 7) is 0. The van der Waals surface area contributed by atoms with Gasteiger partial charge in [-0.1, -0.05) is 41.7 Å². The number of nitrogens with zero attached hydrogens (tertiary/aromatic N) is 1. The lowest BCUT2D eigenvalue weighted by atomic mass is 10.2. The van der Waals surface area contributed by atoms with Crippen LogP contribution in [0.4, 0.5) is 0 Å². The number of methoxy groups -OCH3 is 1. The van der Waals surface area contributed by atoms with Gasteiger partial charge in [0.25, 0.3) is 0 Å². The number of para-hydroxylation sites is 1. The van der Waals surface area contributed by atoms with E-state index in [9.17, 15) is 0 Å². The fraction of sp³-hybridized carbons (Fsp3) is 0.300. The van der Waals surface area contributed by atoms with Gasteiger partial charge in [0.2, 0.25) is 0 Å². The summed E-state index contributed by atoms with van der Waals surface area (Å²) < 4.78 is 6.38. The van der Waals surface area contributed by atoms with E-state index >= 15 is 0 Å². The third-order valence-electron chi connectivity index (χ3n) is 1.97. The summed E-state index contributed by atoms with van der Waals surface area (Å²) >= 11 is 3.47. The maximum atomic E-state index is 5.28. The minimum atomic E-state index is 0.883. The fourth-order valence-electron chi connectivity index (χ4n) is 1.26. The highest BCUT2D eigenvalue weighted by molar-refractivity contribution is 8.38. The van der Waals surface area contributed by atoms with Gasteiger partial charge in [-0.15, -0.1) is 0 Å². The summed E-state index contributed by atoms with van der Waals surface area (Å²) in [5, 5.41) is 4.16. The zero-order chi connectivity index (χ0) is 10.5. The molecule has 1 aromatic carbocycles. The third-order valence-corrected chi connectivity index (χ3v) is 4.09. The van der Waals surface area contributed by atoms with Gasteiger partial charge in [-0.2, -0.15) is 5.10 Å². The lowest BCUT2D eigenvalue weighted by Gasteiger charge is -2.06. The van der Waals surface area contributed by atoms with Crippen molar-refractivity contribution in [3.63, 3.8) is 0 Å². The van der Waals surface area contributed by atoms with Crippen LogP contribution in [0.15, 0.2) is 29.4 Å². The molecule has 3 nitrogen and oxygen atoms in total. The van der Waals surface area contributed by atoms with Crippen LogP contribution in [0.5, 0.6) is 5.75 Å². The molecule has 0 aromatic heterocycles. The molecule has 5 heteroatoms. The Labute approximate surface area is 97.7 Å². The molecule has 0 aliphatic carbocycles. The van der Waals surface area contributed by atoms with Gasteiger partial charge in [0.05, 0.1) is 13.0 Å². The van der Waals surface area contributed by atoms with E-state index in [2.05, 4.69) is 16.6 Å². The molecule has 0 radical (unpaired) electrons. The topological polar surface area (TPSA) is 33.6 Å². The van der Waals surface area contributed by atoms with Gasteiger partial charge >= 0.3 is 0 Å². The molecular weight excluding hydrogens is 228 g/mol.